The van der Waals surface area contributed by atoms with Gasteiger partial charge in [-0.25, -0.2) is 0 Å². The van der Waals surface area contributed by atoms with Crippen molar-refractivity contribution in [2.24, 2.45) is 5.92 Å². The molecule has 0 aromatic heterocycles. The Labute approximate surface area is 54.9 Å². The SMILES string of the molecule is CC(O)(CC=O)C1CC1. The van der Waals surface area contributed by atoms with E-state index in [4.69, 9.17) is 0 Å². The number of carbonyl (C=O) groups is 1. The second-order valence-electron chi connectivity index (χ2n) is 3.00. The van der Waals surface area contributed by atoms with Gasteiger partial charge in [-0.2, -0.15) is 0 Å². The van der Waals surface area contributed by atoms with E-state index in [0.717, 1.165) is 19.1 Å². The van der Waals surface area contributed by atoms with Gasteiger partial charge in [0.1, 0.15) is 6.29 Å². The van der Waals surface area contributed by atoms with E-state index >= 15 is 0 Å². The summed E-state index contributed by atoms with van der Waals surface area (Å²) in [4.78, 5) is 9.99. The summed E-state index contributed by atoms with van der Waals surface area (Å²) in [7, 11) is 0. The molecular formula is C7H12O2. The average Bonchev–Trinajstić information content (AvgIpc) is 2.41. The number of aldehydes is 1. The van der Waals surface area contributed by atoms with E-state index in [1.807, 2.05) is 0 Å². The van der Waals surface area contributed by atoms with Crippen molar-refractivity contribution in [1.82, 2.24) is 0 Å². The van der Waals surface area contributed by atoms with Crippen LogP contribution in [0, 0.1) is 5.92 Å². The van der Waals surface area contributed by atoms with Gasteiger partial charge in [0, 0.05) is 6.42 Å². The highest BCUT2D eigenvalue weighted by Crippen LogP contribution is 2.40. The molecule has 1 N–H and O–H groups in total. The topological polar surface area (TPSA) is 37.3 Å². The standard InChI is InChI=1S/C7H12O2/c1-7(9,4-5-8)6-2-3-6/h5-6,9H,2-4H2,1H3. The normalized spacial score (nSPS) is 25.1. The molecular weight excluding hydrogens is 116 g/mol. The fourth-order valence-corrected chi connectivity index (χ4v) is 1.04. The summed E-state index contributed by atoms with van der Waals surface area (Å²) in [6, 6.07) is 0. The van der Waals surface area contributed by atoms with Gasteiger partial charge >= 0.3 is 0 Å². The van der Waals surface area contributed by atoms with Crippen LogP contribution in [0.4, 0.5) is 0 Å². The first-order chi connectivity index (χ1) is 4.17. The quantitative estimate of drug-likeness (QED) is 0.569. The van der Waals surface area contributed by atoms with E-state index in [0.29, 0.717) is 5.92 Å². The van der Waals surface area contributed by atoms with E-state index in [2.05, 4.69) is 0 Å². The van der Waals surface area contributed by atoms with Gasteiger partial charge in [-0.3, -0.25) is 0 Å². The molecule has 1 fully saturated rings. The van der Waals surface area contributed by atoms with E-state index in [9.17, 15) is 9.90 Å². The molecule has 0 saturated heterocycles. The fraction of sp³-hybridized carbons (Fsp3) is 0.857. The third-order valence-electron chi connectivity index (χ3n) is 1.95. The Balaban J connectivity index is 2.38. The third-order valence-corrected chi connectivity index (χ3v) is 1.95. The van der Waals surface area contributed by atoms with Crippen LogP contribution in [0.3, 0.4) is 0 Å². The summed E-state index contributed by atoms with van der Waals surface area (Å²) in [5, 5.41) is 9.42. The molecule has 1 unspecified atom stereocenters. The first kappa shape index (κ1) is 6.75. The van der Waals surface area contributed by atoms with E-state index in [1.165, 1.54) is 0 Å². The molecule has 0 aliphatic heterocycles. The molecule has 0 bridgehead atoms. The van der Waals surface area contributed by atoms with Gasteiger partial charge in [-0.15, -0.1) is 0 Å². The molecule has 1 saturated carbocycles. The van der Waals surface area contributed by atoms with Gasteiger partial charge in [0.2, 0.25) is 0 Å². The van der Waals surface area contributed by atoms with E-state index in [1.54, 1.807) is 6.92 Å². The zero-order valence-electron chi connectivity index (χ0n) is 5.63. The Morgan fingerprint density at radius 2 is 2.33 bits per heavy atom. The van der Waals surface area contributed by atoms with Crippen LogP contribution in [0.2, 0.25) is 0 Å². The van der Waals surface area contributed by atoms with Gasteiger partial charge in [0.15, 0.2) is 0 Å². The summed E-state index contributed by atoms with van der Waals surface area (Å²) in [6.07, 6.45) is 3.25. The molecule has 1 aliphatic carbocycles. The minimum absolute atomic E-state index is 0.289. The van der Waals surface area contributed by atoms with Crippen LogP contribution in [0.15, 0.2) is 0 Å². The van der Waals surface area contributed by atoms with Crippen molar-refractivity contribution in [2.75, 3.05) is 0 Å². The van der Waals surface area contributed by atoms with Crippen molar-refractivity contribution < 1.29 is 9.90 Å². The Bertz CT molecular complexity index is 114. The van der Waals surface area contributed by atoms with Crippen molar-refractivity contribution in [2.45, 2.75) is 31.8 Å². The summed E-state index contributed by atoms with van der Waals surface area (Å²) >= 11 is 0. The maximum atomic E-state index is 9.99. The molecule has 9 heavy (non-hydrogen) atoms. The number of carbonyl (C=O) groups excluding carboxylic acids is 1. The minimum Gasteiger partial charge on any atom is -0.389 e. The average molecular weight is 128 g/mol. The van der Waals surface area contributed by atoms with Crippen molar-refractivity contribution >= 4 is 6.29 Å². The lowest BCUT2D eigenvalue weighted by molar-refractivity contribution is -0.112. The molecule has 2 heteroatoms. The number of hydrogen-bond acceptors (Lipinski definition) is 2. The molecule has 0 radical (unpaired) electrons. The number of hydrogen-bond donors (Lipinski definition) is 1. The summed E-state index contributed by atoms with van der Waals surface area (Å²) < 4.78 is 0. The molecule has 1 rings (SSSR count). The second-order valence-corrected chi connectivity index (χ2v) is 3.00. The number of aliphatic hydroxyl groups is 1. The highest BCUT2D eigenvalue weighted by molar-refractivity contribution is 5.51. The second kappa shape index (κ2) is 2.10. The fourth-order valence-electron chi connectivity index (χ4n) is 1.04. The predicted molar refractivity (Wildman–Crippen MR) is 34.0 cm³/mol. The van der Waals surface area contributed by atoms with Gasteiger partial charge in [0.05, 0.1) is 5.60 Å². The Kier molecular flexibility index (Phi) is 1.58. The lowest BCUT2D eigenvalue weighted by Crippen LogP contribution is -2.26. The van der Waals surface area contributed by atoms with E-state index in [-0.39, 0.29) is 6.42 Å². The lowest BCUT2D eigenvalue weighted by Gasteiger charge is -2.18. The minimum atomic E-state index is -0.707. The molecule has 0 spiro atoms. The Morgan fingerprint density at radius 3 is 2.67 bits per heavy atom. The Hall–Kier alpha value is -0.370. The van der Waals surface area contributed by atoms with Gasteiger partial charge < -0.3 is 9.90 Å². The zero-order valence-corrected chi connectivity index (χ0v) is 5.63. The van der Waals surface area contributed by atoms with Crippen LogP contribution in [-0.4, -0.2) is 17.0 Å². The Morgan fingerprint density at radius 1 is 1.78 bits per heavy atom. The van der Waals surface area contributed by atoms with Crippen LogP contribution in [0.1, 0.15) is 26.2 Å². The highest BCUT2D eigenvalue weighted by Gasteiger charge is 2.39. The van der Waals surface area contributed by atoms with Crippen LogP contribution in [0.5, 0.6) is 0 Å². The molecule has 52 valence electrons. The van der Waals surface area contributed by atoms with Gasteiger partial charge in [-0.05, 0) is 25.7 Å². The first-order valence-electron chi connectivity index (χ1n) is 3.33. The summed E-state index contributed by atoms with van der Waals surface area (Å²) in [5.41, 5.74) is -0.707. The maximum absolute atomic E-state index is 9.99. The molecule has 2 nitrogen and oxygen atoms in total. The summed E-state index contributed by atoms with van der Waals surface area (Å²) in [6.45, 7) is 1.74. The predicted octanol–water partition coefficient (Wildman–Crippen LogP) is 0.736. The van der Waals surface area contributed by atoms with Gasteiger partial charge in [0.25, 0.3) is 0 Å². The van der Waals surface area contributed by atoms with Crippen LogP contribution >= 0.6 is 0 Å². The van der Waals surface area contributed by atoms with Crippen molar-refractivity contribution in [1.29, 1.82) is 0 Å². The molecule has 1 atom stereocenters. The molecule has 0 amide bonds. The maximum Gasteiger partial charge on any atom is 0.122 e. The smallest absolute Gasteiger partial charge is 0.122 e. The largest absolute Gasteiger partial charge is 0.389 e. The lowest BCUT2D eigenvalue weighted by atomic mass is 9.97. The van der Waals surface area contributed by atoms with Gasteiger partial charge in [-0.1, -0.05) is 0 Å². The van der Waals surface area contributed by atoms with E-state index < -0.39 is 5.60 Å². The zero-order chi connectivity index (χ0) is 6.91. The monoisotopic (exact) mass is 128 g/mol. The van der Waals surface area contributed by atoms with Crippen molar-refractivity contribution in [3.63, 3.8) is 0 Å². The van der Waals surface area contributed by atoms with Crippen LogP contribution in [-0.2, 0) is 4.79 Å². The summed E-state index contributed by atoms with van der Waals surface area (Å²) in [5.74, 6) is 0.391. The highest BCUT2D eigenvalue weighted by atomic mass is 16.3. The molecule has 0 aromatic rings. The molecule has 1 aliphatic rings. The van der Waals surface area contributed by atoms with Crippen LogP contribution < -0.4 is 0 Å². The number of rotatable bonds is 3. The third kappa shape index (κ3) is 1.52. The van der Waals surface area contributed by atoms with Crippen molar-refractivity contribution in [3.05, 3.63) is 0 Å². The molecule has 0 heterocycles. The molecule has 0 aromatic carbocycles. The van der Waals surface area contributed by atoms with Crippen LogP contribution in [0.25, 0.3) is 0 Å². The first-order valence-corrected chi connectivity index (χ1v) is 3.33. The van der Waals surface area contributed by atoms with Crippen molar-refractivity contribution in [3.8, 4) is 0 Å².